The molecule has 39 heavy (non-hydrogen) atoms. The molecule has 0 saturated carbocycles. The molecule has 206 valence electrons. The van der Waals surface area contributed by atoms with Crippen LogP contribution in [0.15, 0.2) is 48.7 Å². The van der Waals surface area contributed by atoms with Crippen LogP contribution < -0.4 is 20.3 Å². The normalized spacial score (nSPS) is 25.7. The van der Waals surface area contributed by atoms with Crippen molar-refractivity contribution in [2.75, 3.05) is 29.9 Å². The minimum atomic E-state index is -1.06. The quantitative estimate of drug-likeness (QED) is 0.423. The molecule has 0 bridgehead atoms. The SMILES string of the molecule is CC1(C)C[C@H]2N(c3cccc(C(C)(C)O)n3)c3nc(Nc4ccc(O[C@@H]5CCNC5)cc4)ncc3[C@@]2(C)CO1. The van der Waals surface area contributed by atoms with Crippen LogP contribution in [-0.2, 0) is 15.8 Å². The third-order valence-corrected chi connectivity index (χ3v) is 8.14. The maximum Gasteiger partial charge on any atom is 0.229 e. The summed E-state index contributed by atoms with van der Waals surface area (Å²) in [5.41, 5.74) is 0.892. The predicted molar refractivity (Wildman–Crippen MR) is 151 cm³/mol. The fourth-order valence-electron chi connectivity index (χ4n) is 5.83. The number of aromatic nitrogens is 3. The summed E-state index contributed by atoms with van der Waals surface area (Å²) >= 11 is 0. The molecule has 0 unspecified atom stereocenters. The molecule has 2 fully saturated rings. The summed E-state index contributed by atoms with van der Waals surface area (Å²) in [6.45, 7) is 12.4. The number of aliphatic hydroxyl groups is 1. The van der Waals surface area contributed by atoms with E-state index in [1.165, 1.54) is 0 Å². The molecular formula is C30H38N6O3. The molecule has 3 aliphatic rings. The summed E-state index contributed by atoms with van der Waals surface area (Å²) in [6.07, 6.45) is 3.96. The van der Waals surface area contributed by atoms with E-state index in [0.717, 1.165) is 54.6 Å². The Kier molecular flexibility index (Phi) is 6.28. The summed E-state index contributed by atoms with van der Waals surface area (Å²) < 4.78 is 12.4. The monoisotopic (exact) mass is 530 g/mol. The molecule has 3 aromatic rings. The Labute approximate surface area is 230 Å². The second-order valence-corrected chi connectivity index (χ2v) is 12.3. The van der Waals surface area contributed by atoms with Crippen LogP contribution in [0, 0.1) is 0 Å². The molecule has 5 heterocycles. The first-order valence-corrected chi connectivity index (χ1v) is 13.8. The Bertz CT molecular complexity index is 1350. The van der Waals surface area contributed by atoms with Gasteiger partial charge in [-0.05, 0) is 83.5 Å². The summed E-state index contributed by atoms with van der Waals surface area (Å²) in [5, 5.41) is 17.4. The van der Waals surface area contributed by atoms with E-state index in [2.05, 4.69) is 36.3 Å². The van der Waals surface area contributed by atoms with Crippen LogP contribution in [0.3, 0.4) is 0 Å². The smallest absolute Gasteiger partial charge is 0.229 e. The Hall–Kier alpha value is -3.27. The van der Waals surface area contributed by atoms with E-state index in [4.69, 9.17) is 24.4 Å². The van der Waals surface area contributed by atoms with Gasteiger partial charge in [0.2, 0.25) is 5.95 Å². The van der Waals surface area contributed by atoms with Gasteiger partial charge in [0.25, 0.3) is 0 Å². The van der Waals surface area contributed by atoms with Crippen molar-refractivity contribution in [2.45, 2.75) is 76.2 Å². The summed E-state index contributed by atoms with van der Waals surface area (Å²) in [4.78, 5) is 16.8. The number of nitrogens with one attached hydrogen (secondary N) is 2. The molecule has 3 N–H and O–H groups in total. The Morgan fingerprint density at radius 1 is 1.13 bits per heavy atom. The zero-order valence-electron chi connectivity index (χ0n) is 23.4. The fraction of sp³-hybridized carbons (Fsp3) is 0.500. The molecule has 3 atom stereocenters. The predicted octanol–water partition coefficient (Wildman–Crippen LogP) is 4.56. The third kappa shape index (κ3) is 4.95. The van der Waals surface area contributed by atoms with Gasteiger partial charge in [-0.2, -0.15) is 4.98 Å². The number of ether oxygens (including phenoxy) is 2. The van der Waals surface area contributed by atoms with E-state index >= 15 is 0 Å². The number of rotatable bonds is 6. The van der Waals surface area contributed by atoms with Gasteiger partial charge in [-0.1, -0.05) is 13.0 Å². The van der Waals surface area contributed by atoms with Crippen LogP contribution >= 0.6 is 0 Å². The van der Waals surface area contributed by atoms with Gasteiger partial charge in [0.1, 0.15) is 29.1 Å². The second-order valence-electron chi connectivity index (χ2n) is 12.3. The van der Waals surface area contributed by atoms with Crippen molar-refractivity contribution < 1.29 is 14.6 Å². The number of nitrogens with zero attached hydrogens (tertiary/aromatic N) is 4. The lowest BCUT2D eigenvalue weighted by Crippen LogP contribution is -2.54. The number of hydrogen-bond acceptors (Lipinski definition) is 9. The average molecular weight is 531 g/mol. The zero-order chi connectivity index (χ0) is 27.4. The molecule has 2 saturated heterocycles. The van der Waals surface area contributed by atoms with Crippen LogP contribution in [0.4, 0.5) is 23.3 Å². The van der Waals surface area contributed by atoms with Gasteiger partial charge in [-0.25, -0.2) is 9.97 Å². The van der Waals surface area contributed by atoms with Gasteiger partial charge in [0.15, 0.2) is 0 Å². The van der Waals surface area contributed by atoms with Gasteiger partial charge in [-0.3, -0.25) is 0 Å². The zero-order valence-corrected chi connectivity index (χ0v) is 23.4. The first kappa shape index (κ1) is 26.0. The molecule has 9 nitrogen and oxygen atoms in total. The summed E-state index contributed by atoms with van der Waals surface area (Å²) in [7, 11) is 0. The van der Waals surface area contributed by atoms with Crippen molar-refractivity contribution in [1.82, 2.24) is 20.3 Å². The van der Waals surface area contributed by atoms with Gasteiger partial charge < -0.3 is 30.1 Å². The first-order valence-electron chi connectivity index (χ1n) is 13.8. The molecule has 0 aliphatic carbocycles. The molecule has 0 amide bonds. The average Bonchev–Trinajstić information content (AvgIpc) is 3.48. The van der Waals surface area contributed by atoms with E-state index in [9.17, 15) is 5.11 Å². The number of fused-ring (bicyclic) bond motifs is 3. The molecular weight excluding hydrogens is 492 g/mol. The lowest BCUT2D eigenvalue weighted by Gasteiger charge is -2.46. The Morgan fingerprint density at radius 2 is 1.92 bits per heavy atom. The van der Waals surface area contributed by atoms with E-state index in [-0.39, 0.29) is 23.2 Å². The molecule has 9 heteroatoms. The van der Waals surface area contributed by atoms with Crippen molar-refractivity contribution in [3.8, 4) is 5.75 Å². The van der Waals surface area contributed by atoms with Gasteiger partial charge in [0.05, 0.1) is 23.9 Å². The van der Waals surface area contributed by atoms with Crippen LogP contribution in [0.2, 0.25) is 0 Å². The largest absolute Gasteiger partial charge is 0.489 e. The van der Waals surface area contributed by atoms with Gasteiger partial charge in [0, 0.05) is 29.4 Å². The highest BCUT2D eigenvalue weighted by Crippen LogP contribution is 2.53. The number of anilines is 4. The van der Waals surface area contributed by atoms with E-state index in [0.29, 0.717) is 18.2 Å². The molecule has 3 aliphatic heterocycles. The summed E-state index contributed by atoms with van der Waals surface area (Å²) in [5.74, 6) is 2.94. The third-order valence-electron chi connectivity index (χ3n) is 8.14. The van der Waals surface area contributed by atoms with Crippen LogP contribution in [0.1, 0.15) is 58.7 Å². The summed E-state index contributed by atoms with van der Waals surface area (Å²) in [6, 6.07) is 13.8. The van der Waals surface area contributed by atoms with Crippen molar-refractivity contribution in [3.63, 3.8) is 0 Å². The maximum absolute atomic E-state index is 10.7. The lowest BCUT2D eigenvalue weighted by atomic mass is 9.73. The van der Waals surface area contributed by atoms with Crippen LogP contribution in [0.5, 0.6) is 5.75 Å². The number of pyridine rings is 1. The molecule has 6 rings (SSSR count). The molecule has 0 spiro atoms. The molecule has 2 aromatic heterocycles. The fourth-order valence-corrected chi connectivity index (χ4v) is 5.83. The number of hydrogen-bond donors (Lipinski definition) is 3. The number of benzene rings is 1. The molecule has 0 radical (unpaired) electrons. The highest BCUT2D eigenvalue weighted by atomic mass is 16.5. The minimum absolute atomic E-state index is 0.0758. The Balaban J connectivity index is 1.33. The highest BCUT2D eigenvalue weighted by molar-refractivity contribution is 5.71. The standard InChI is InChI=1S/C30H38N6O3/c1-28(2)15-24-30(5,18-38-28)22-17-32-27(33-19-9-11-20(12-10-19)39-21-13-14-31-16-21)35-26(22)36(24)25-8-6-7-23(34-25)29(3,4)37/h6-12,17,21,24,31,37H,13-16,18H2,1-5H3,(H,32,33,35)/t21-,24-,30-/m1/s1. The van der Waals surface area contributed by atoms with Crippen LogP contribution in [-0.4, -0.2) is 57.5 Å². The van der Waals surface area contributed by atoms with Crippen LogP contribution in [0.25, 0.3) is 0 Å². The van der Waals surface area contributed by atoms with Gasteiger partial charge in [-0.15, -0.1) is 0 Å². The van der Waals surface area contributed by atoms with Crippen molar-refractivity contribution in [1.29, 1.82) is 0 Å². The van der Waals surface area contributed by atoms with Crippen molar-refractivity contribution >= 4 is 23.3 Å². The highest BCUT2D eigenvalue weighted by Gasteiger charge is 2.55. The van der Waals surface area contributed by atoms with Gasteiger partial charge >= 0.3 is 0 Å². The van der Waals surface area contributed by atoms with E-state index in [1.807, 2.05) is 48.7 Å². The van der Waals surface area contributed by atoms with E-state index < -0.39 is 5.60 Å². The second kappa shape index (κ2) is 9.43. The minimum Gasteiger partial charge on any atom is -0.489 e. The molecule has 1 aromatic carbocycles. The van der Waals surface area contributed by atoms with E-state index in [1.54, 1.807) is 13.8 Å². The van der Waals surface area contributed by atoms with Crippen molar-refractivity contribution in [2.24, 2.45) is 0 Å². The van der Waals surface area contributed by atoms with Crippen molar-refractivity contribution in [3.05, 3.63) is 59.9 Å². The topological polar surface area (TPSA) is 105 Å². The first-order chi connectivity index (χ1) is 18.5. The lowest BCUT2D eigenvalue weighted by molar-refractivity contribution is -0.0893. The Morgan fingerprint density at radius 3 is 2.64 bits per heavy atom. The maximum atomic E-state index is 10.7.